The summed E-state index contributed by atoms with van der Waals surface area (Å²) in [4.78, 5) is 2.03. The van der Waals surface area contributed by atoms with Crippen LogP contribution in [0.2, 0.25) is 0 Å². The summed E-state index contributed by atoms with van der Waals surface area (Å²) in [6, 6.07) is 0. The van der Waals surface area contributed by atoms with Crippen molar-refractivity contribution >= 4 is 0 Å². The number of nitrogens with two attached hydrogens (primary N) is 1. The quantitative estimate of drug-likeness (QED) is 0.863. The zero-order valence-corrected chi connectivity index (χ0v) is 13.4. The van der Waals surface area contributed by atoms with Gasteiger partial charge in [-0.15, -0.1) is 0 Å². The molecule has 0 bridgehead atoms. The first kappa shape index (κ1) is 16.9. The van der Waals surface area contributed by atoms with Gasteiger partial charge in [-0.25, -0.2) is 4.39 Å². The predicted molar refractivity (Wildman–Crippen MR) is 78.6 cm³/mol. The Morgan fingerprint density at radius 2 is 2.00 bits per heavy atom. The molecule has 0 amide bonds. The van der Waals surface area contributed by atoms with Gasteiger partial charge in [-0.2, -0.15) is 5.10 Å². The van der Waals surface area contributed by atoms with Gasteiger partial charge < -0.3 is 15.4 Å². The molecule has 0 spiro atoms. The fourth-order valence-electron chi connectivity index (χ4n) is 2.14. The van der Waals surface area contributed by atoms with Crippen LogP contribution >= 0.6 is 0 Å². The third-order valence-electron chi connectivity index (χ3n) is 3.63. The molecule has 0 saturated carbocycles. The number of alkyl halides is 1. The number of nitrogens with zero attached hydrogens (tertiary/aromatic N) is 3. The number of halogens is 1. The molecule has 1 unspecified atom stereocenters. The molecular formula is C14H27FN4O. The smallest absolute Gasteiger partial charge is 0.172 e. The monoisotopic (exact) mass is 286 g/mol. The second-order valence-corrected chi connectivity index (χ2v) is 6.34. The molecule has 0 radical (unpaired) electrons. The highest BCUT2D eigenvalue weighted by molar-refractivity contribution is 5.33. The third-order valence-corrected chi connectivity index (χ3v) is 3.63. The highest BCUT2D eigenvalue weighted by Crippen LogP contribution is 2.45. The second kappa shape index (κ2) is 6.10. The Kier molecular flexibility index (Phi) is 5.15. The van der Waals surface area contributed by atoms with Crippen LogP contribution in [0.5, 0.6) is 5.75 Å². The Hall–Kier alpha value is -1.14. The molecule has 1 aromatic heterocycles. The van der Waals surface area contributed by atoms with Crippen LogP contribution in [-0.2, 0) is 12.2 Å². The normalized spacial score (nSPS) is 15.4. The molecule has 1 heterocycles. The van der Waals surface area contributed by atoms with Gasteiger partial charge in [-0.1, -0.05) is 20.8 Å². The molecule has 1 rings (SSSR count). The van der Waals surface area contributed by atoms with Crippen LogP contribution < -0.4 is 10.5 Å². The Morgan fingerprint density at radius 3 is 2.40 bits per heavy atom. The van der Waals surface area contributed by atoms with E-state index in [0.29, 0.717) is 18.0 Å². The van der Waals surface area contributed by atoms with Gasteiger partial charge in [0.05, 0.1) is 19.9 Å². The topological polar surface area (TPSA) is 56.3 Å². The Balaban J connectivity index is 3.28. The van der Waals surface area contributed by atoms with Gasteiger partial charge in [0.1, 0.15) is 5.69 Å². The molecule has 0 saturated heterocycles. The van der Waals surface area contributed by atoms with E-state index in [9.17, 15) is 0 Å². The minimum atomic E-state index is -1.69. The minimum Gasteiger partial charge on any atom is -0.493 e. The Bertz CT molecular complexity index is 439. The molecule has 116 valence electrons. The van der Waals surface area contributed by atoms with Gasteiger partial charge in [-0.05, 0) is 14.1 Å². The third kappa shape index (κ3) is 3.12. The summed E-state index contributed by atoms with van der Waals surface area (Å²) in [5.74, 6) is 0.451. The van der Waals surface area contributed by atoms with Crippen molar-refractivity contribution in [3.05, 3.63) is 11.9 Å². The number of hydrogen-bond acceptors (Lipinski definition) is 4. The minimum absolute atomic E-state index is 0.111. The summed E-state index contributed by atoms with van der Waals surface area (Å²) >= 11 is 0. The number of aromatic nitrogens is 2. The molecule has 6 heteroatoms. The molecule has 0 aliphatic rings. The average molecular weight is 286 g/mol. The lowest BCUT2D eigenvalue weighted by atomic mass is 9.75. The molecule has 0 aliphatic heterocycles. The van der Waals surface area contributed by atoms with Gasteiger partial charge in [0.25, 0.3) is 0 Å². The predicted octanol–water partition coefficient (Wildman–Crippen LogP) is 1.62. The fourth-order valence-corrected chi connectivity index (χ4v) is 2.14. The first-order chi connectivity index (χ1) is 9.17. The summed E-state index contributed by atoms with van der Waals surface area (Å²) in [5, 5.41) is 4.26. The van der Waals surface area contributed by atoms with Gasteiger partial charge >= 0.3 is 0 Å². The van der Waals surface area contributed by atoms with Crippen LogP contribution in [0.4, 0.5) is 4.39 Å². The Labute approximate surface area is 120 Å². The maximum Gasteiger partial charge on any atom is 0.172 e. The lowest BCUT2D eigenvalue weighted by Crippen LogP contribution is -2.44. The van der Waals surface area contributed by atoms with E-state index in [4.69, 9.17) is 10.5 Å². The number of likely N-dealkylation sites (N-methyl/N-ethyl adjacent to an activating group) is 1. The van der Waals surface area contributed by atoms with Crippen molar-refractivity contribution in [2.75, 3.05) is 34.3 Å². The maximum absolute atomic E-state index is 15.5. The summed E-state index contributed by atoms with van der Waals surface area (Å²) < 4.78 is 22.5. The molecule has 1 atom stereocenters. The average Bonchev–Trinajstić information content (AvgIpc) is 2.77. The largest absolute Gasteiger partial charge is 0.493 e. The lowest BCUT2D eigenvalue weighted by molar-refractivity contribution is 0.0224. The standard InChI is InChI=1S/C14H27FN4O/c1-13(2,3)14(15,10-16)12-11(20-6)9-17-19(12)8-7-18(4)5/h9H,7-8,10,16H2,1-6H3. The van der Waals surface area contributed by atoms with Gasteiger partial charge in [0, 0.05) is 18.5 Å². The van der Waals surface area contributed by atoms with Crippen molar-refractivity contribution in [2.24, 2.45) is 11.1 Å². The maximum atomic E-state index is 15.5. The number of ether oxygens (including phenoxy) is 1. The van der Waals surface area contributed by atoms with E-state index in [-0.39, 0.29) is 6.54 Å². The molecule has 0 aromatic carbocycles. The number of rotatable bonds is 6. The number of methoxy groups -OCH3 is 1. The van der Waals surface area contributed by atoms with Crippen LogP contribution in [0.3, 0.4) is 0 Å². The zero-order chi connectivity index (χ0) is 15.6. The van der Waals surface area contributed by atoms with E-state index >= 15 is 4.39 Å². The van der Waals surface area contributed by atoms with E-state index < -0.39 is 11.1 Å². The van der Waals surface area contributed by atoms with Crippen molar-refractivity contribution in [3.8, 4) is 5.75 Å². The molecule has 0 aliphatic carbocycles. The van der Waals surface area contributed by atoms with E-state index in [1.807, 2.05) is 39.8 Å². The zero-order valence-electron chi connectivity index (χ0n) is 13.4. The van der Waals surface area contributed by atoms with E-state index in [0.717, 1.165) is 6.54 Å². The Morgan fingerprint density at radius 1 is 1.40 bits per heavy atom. The second-order valence-electron chi connectivity index (χ2n) is 6.34. The number of hydrogen-bond donors (Lipinski definition) is 1. The summed E-state index contributed by atoms with van der Waals surface area (Å²) in [5.41, 5.74) is 3.84. The molecule has 2 N–H and O–H groups in total. The van der Waals surface area contributed by atoms with Crippen LogP contribution in [0, 0.1) is 5.41 Å². The van der Waals surface area contributed by atoms with Gasteiger partial charge in [0.15, 0.2) is 11.4 Å². The van der Waals surface area contributed by atoms with E-state index in [1.165, 1.54) is 7.11 Å². The molecular weight excluding hydrogens is 259 g/mol. The van der Waals surface area contributed by atoms with Gasteiger partial charge in [-0.3, -0.25) is 4.68 Å². The van der Waals surface area contributed by atoms with E-state index in [2.05, 4.69) is 5.10 Å². The lowest BCUT2D eigenvalue weighted by Gasteiger charge is -2.37. The molecule has 1 aromatic rings. The highest BCUT2D eigenvalue weighted by atomic mass is 19.1. The van der Waals surface area contributed by atoms with Crippen molar-refractivity contribution in [1.82, 2.24) is 14.7 Å². The van der Waals surface area contributed by atoms with Crippen LogP contribution in [0.15, 0.2) is 6.20 Å². The van der Waals surface area contributed by atoms with Crippen molar-refractivity contribution < 1.29 is 9.13 Å². The highest BCUT2D eigenvalue weighted by Gasteiger charge is 2.47. The van der Waals surface area contributed by atoms with Crippen LogP contribution in [0.1, 0.15) is 26.5 Å². The summed E-state index contributed by atoms with van der Waals surface area (Å²) in [7, 11) is 5.46. The van der Waals surface area contributed by atoms with Crippen LogP contribution in [-0.4, -0.2) is 49.0 Å². The fraction of sp³-hybridized carbons (Fsp3) is 0.786. The van der Waals surface area contributed by atoms with E-state index in [1.54, 1.807) is 10.9 Å². The van der Waals surface area contributed by atoms with Crippen LogP contribution in [0.25, 0.3) is 0 Å². The first-order valence-electron chi connectivity index (χ1n) is 6.81. The van der Waals surface area contributed by atoms with Crippen molar-refractivity contribution in [2.45, 2.75) is 33.0 Å². The molecule has 5 nitrogen and oxygen atoms in total. The molecule has 20 heavy (non-hydrogen) atoms. The molecule has 0 fully saturated rings. The first-order valence-corrected chi connectivity index (χ1v) is 6.81. The summed E-state index contributed by atoms with van der Waals surface area (Å²) in [6.45, 7) is 6.75. The van der Waals surface area contributed by atoms with Gasteiger partial charge in [0.2, 0.25) is 0 Å². The van der Waals surface area contributed by atoms with Crippen molar-refractivity contribution in [1.29, 1.82) is 0 Å². The SMILES string of the molecule is COc1cnn(CCN(C)C)c1C(F)(CN)C(C)(C)C. The van der Waals surface area contributed by atoms with Crippen molar-refractivity contribution in [3.63, 3.8) is 0 Å². The summed E-state index contributed by atoms with van der Waals surface area (Å²) in [6.07, 6.45) is 1.56.